The Kier molecular flexibility index (Phi) is 9.93. The largest absolute Gasteiger partial charge is 0.486 e. The van der Waals surface area contributed by atoms with Crippen LogP contribution in [-0.4, -0.2) is 48.2 Å². The molecular formula is C35H41ClN2O5. The summed E-state index contributed by atoms with van der Waals surface area (Å²) in [7, 11) is 0. The molecule has 0 bridgehead atoms. The Morgan fingerprint density at radius 3 is 2.21 bits per heavy atom. The zero-order valence-corrected chi connectivity index (χ0v) is 26.0. The van der Waals surface area contributed by atoms with Crippen LogP contribution in [0.2, 0.25) is 5.02 Å². The Balaban J connectivity index is 1.48. The minimum atomic E-state index is -0.887. The fraction of sp³-hybridized carbons (Fsp3) is 0.429. The van der Waals surface area contributed by atoms with Crippen LogP contribution in [0.5, 0.6) is 11.5 Å². The summed E-state index contributed by atoms with van der Waals surface area (Å²) in [5, 5.41) is 14.4. The van der Waals surface area contributed by atoms with Crippen molar-refractivity contribution in [2.45, 2.75) is 64.8 Å². The molecule has 8 heteroatoms. The van der Waals surface area contributed by atoms with E-state index >= 15 is 0 Å². The number of rotatable bonds is 11. The lowest BCUT2D eigenvalue weighted by Gasteiger charge is -2.27. The fourth-order valence-electron chi connectivity index (χ4n) is 6.49. The van der Waals surface area contributed by atoms with Crippen molar-refractivity contribution in [1.82, 2.24) is 4.90 Å². The summed E-state index contributed by atoms with van der Waals surface area (Å²) >= 11 is 6.35. The van der Waals surface area contributed by atoms with E-state index in [9.17, 15) is 14.7 Å². The molecule has 0 spiro atoms. The first-order valence-corrected chi connectivity index (χ1v) is 15.8. The first-order chi connectivity index (χ1) is 20.8. The van der Waals surface area contributed by atoms with Crippen molar-refractivity contribution in [3.63, 3.8) is 0 Å². The third kappa shape index (κ3) is 6.84. The summed E-state index contributed by atoms with van der Waals surface area (Å²) in [4.78, 5) is 28.7. The van der Waals surface area contributed by atoms with Crippen LogP contribution >= 0.6 is 11.6 Å². The third-order valence-electron chi connectivity index (χ3n) is 8.66. The molecule has 2 N–H and O–H groups in total. The summed E-state index contributed by atoms with van der Waals surface area (Å²) in [6, 6.07) is 17.2. The molecule has 3 aromatic rings. The topological polar surface area (TPSA) is 88.1 Å². The van der Waals surface area contributed by atoms with E-state index in [-0.39, 0.29) is 18.4 Å². The molecule has 0 saturated carbocycles. The van der Waals surface area contributed by atoms with Crippen molar-refractivity contribution in [3.8, 4) is 11.5 Å². The Morgan fingerprint density at radius 2 is 1.58 bits per heavy atom. The van der Waals surface area contributed by atoms with E-state index in [2.05, 4.69) is 24.4 Å². The normalized spacial score (nSPS) is 19.8. The van der Waals surface area contributed by atoms with Crippen LogP contribution in [0.25, 0.3) is 0 Å². The van der Waals surface area contributed by atoms with Crippen molar-refractivity contribution < 1.29 is 24.2 Å². The number of benzene rings is 3. The first kappa shape index (κ1) is 30.9. The molecule has 5 rings (SSSR count). The van der Waals surface area contributed by atoms with Crippen LogP contribution < -0.4 is 14.8 Å². The fourth-order valence-corrected chi connectivity index (χ4v) is 6.75. The van der Waals surface area contributed by atoms with Gasteiger partial charge in [-0.2, -0.15) is 0 Å². The second-order valence-electron chi connectivity index (χ2n) is 11.4. The number of amides is 1. The molecule has 0 radical (unpaired) electrons. The highest BCUT2D eigenvalue weighted by Gasteiger charge is 2.48. The molecule has 1 unspecified atom stereocenters. The minimum Gasteiger partial charge on any atom is -0.486 e. The van der Waals surface area contributed by atoms with Gasteiger partial charge in [0.25, 0.3) is 0 Å². The number of fused-ring (bicyclic) bond motifs is 1. The maximum atomic E-state index is 13.7. The quantitative estimate of drug-likeness (QED) is 0.244. The third-order valence-corrected chi connectivity index (χ3v) is 8.88. The number of nitrogens with one attached hydrogen (secondary N) is 1. The van der Waals surface area contributed by atoms with Gasteiger partial charge in [-0.15, -0.1) is 0 Å². The molecule has 7 nitrogen and oxygen atoms in total. The molecule has 0 aliphatic carbocycles. The van der Waals surface area contributed by atoms with Gasteiger partial charge >= 0.3 is 5.97 Å². The maximum absolute atomic E-state index is 13.7. The molecule has 2 aliphatic rings. The average molecular weight is 605 g/mol. The van der Waals surface area contributed by atoms with Gasteiger partial charge in [0.05, 0.1) is 12.5 Å². The maximum Gasteiger partial charge on any atom is 0.309 e. The van der Waals surface area contributed by atoms with Gasteiger partial charge in [0.15, 0.2) is 11.5 Å². The van der Waals surface area contributed by atoms with Gasteiger partial charge in [0.2, 0.25) is 5.91 Å². The van der Waals surface area contributed by atoms with Gasteiger partial charge in [-0.05, 0) is 77.8 Å². The Bertz CT molecular complexity index is 1430. The number of aliphatic carboxylic acids is 1. The number of hydrogen-bond acceptors (Lipinski definition) is 5. The first-order valence-electron chi connectivity index (χ1n) is 15.4. The number of carbonyl (C=O) groups excluding carboxylic acids is 1. The number of aryl methyl sites for hydroxylation is 3. The van der Waals surface area contributed by atoms with E-state index < -0.39 is 17.9 Å². The molecule has 1 amide bonds. The summed E-state index contributed by atoms with van der Waals surface area (Å²) < 4.78 is 11.5. The van der Waals surface area contributed by atoms with Crippen LogP contribution in [0.1, 0.15) is 73.4 Å². The lowest BCUT2D eigenvalue weighted by molar-refractivity contribution is -0.143. The van der Waals surface area contributed by atoms with E-state index in [0.29, 0.717) is 36.3 Å². The van der Waals surface area contributed by atoms with E-state index in [1.54, 1.807) is 0 Å². The van der Waals surface area contributed by atoms with Crippen LogP contribution in [0, 0.1) is 5.92 Å². The molecule has 3 aromatic carbocycles. The molecule has 1 fully saturated rings. The Morgan fingerprint density at radius 1 is 0.930 bits per heavy atom. The molecule has 3 atom stereocenters. The molecule has 1 saturated heterocycles. The zero-order valence-electron chi connectivity index (χ0n) is 25.2. The van der Waals surface area contributed by atoms with Crippen molar-refractivity contribution >= 4 is 29.2 Å². The van der Waals surface area contributed by atoms with Crippen LogP contribution in [0.15, 0.2) is 54.6 Å². The lowest BCUT2D eigenvalue weighted by Crippen LogP contribution is -2.35. The molecule has 43 heavy (non-hydrogen) atoms. The minimum absolute atomic E-state index is 0.0576. The SMILES string of the molecule is CCCCc1ccc([C@H]2C(C(=O)O)[C@@H](c3ccc4c(c3)OCCO4)CN2CC(=O)Nc2c(CC)cc(Cl)cc2CC)cc1. The number of carboxylic acid groups (broad SMARTS) is 1. The van der Waals surface area contributed by atoms with Crippen LogP contribution in [0.4, 0.5) is 5.69 Å². The van der Waals surface area contributed by atoms with Crippen molar-refractivity contribution in [3.05, 3.63) is 87.4 Å². The van der Waals surface area contributed by atoms with Gasteiger partial charge in [-0.3, -0.25) is 14.5 Å². The lowest BCUT2D eigenvalue weighted by atomic mass is 9.82. The van der Waals surface area contributed by atoms with E-state index in [1.165, 1.54) is 5.56 Å². The van der Waals surface area contributed by atoms with Gasteiger partial charge in [-0.1, -0.05) is 69.1 Å². The molecule has 0 aromatic heterocycles. The number of hydrogen-bond donors (Lipinski definition) is 2. The molecule has 228 valence electrons. The number of halogens is 1. The summed E-state index contributed by atoms with van der Waals surface area (Å²) in [6.07, 6.45) is 4.65. The number of likely N-dealkylation sites (tertiary alicyclic amines) is 1. The standard InChI is InChI=1S/C35H41ClN2O5/c1-4-7-8-22-9-11-25(12-10-22)34-32(35(40)41)28(26-13-14-29-30(19-26)43-16-15-42-29)20-38(34)21-31(39)37-33-23(5-2)17-27(36)18-24(33)6-3/h9-14,17-19,28,32,34H,4-8,15-16,20-21H2,1-3H3,(H,37,39)(H,40,41)/t28-,32?,34+/m1/s1. The van der Waals surface area contributed by atoms with E-state index in [1.807, 2.05) is 61.2 Å². The van der Waals surface area contributed by atoms with Gasteiger partial charge in [-0.25, -0.2) is 0 Å². The number of anilines is 1. The Hall–Kier alpha value is -3.55. The second-order valence-corrected chi connectivity index (χ2v) is 11.9. The molecule has 2 aliphatic heterocycles. The number of ether oxygens (including phenoxy) is 2. The molecular weight excluding hydrogens is 564 g/mol. The predicted molar refractivity (Wildman–Crippen MR) is 170 cm³/mol. The predicted octanol–water partition coefficient (Wildman–Crippen LogP) is 7.06. The van der Waals surface area contributed by atoms with E-state index in [0.717, 1.165) is 60.0 Å². The highest BCUT2D eigenvalue weighted by atomic mass is 35.5. The molecule has 2 heterocycles. The van der Waals surface area contributed by atoms with Crippen LogP contribution in [0.3, 0.4) is 0 Å². The summed E-state index contributed by atoms with van der Waals surface area (Å²) in [5.41, 5.74) is 5.75. The number of unbranched alkanes of at least 4 members (excludes halogenated alkanes) is 1. The van der Waals surface area contributed by atoms with Gasteiger partial charge < -0.3 is 19.9 Å². The highest BCUT2D eigenvalue weighted by molar-refractivity contribution is 6.30. The average Bonchev–Trinajstić information content (AvgIpc) is 3.39. The zero-order chi connectivity index (χ0) is 30.5. The van der Waals surface area contributed by atoms with Gasteiger partial charge in [0, 0.05) is 29.2 Å². The summed E-state index contributed by atoms with van der Waals surface area (Å²) in [5.74, 6) is -0.881. The van der Waals surface area contributed by atoms with Gasteiger partial charge in [0.1, 0.15) is 13.2 Å². The number of nitrogens with zero attached hydrogens (tertiary/aromatic N) is 1. The van der Waals surface area contributed by atoms with Crippen molar-refractivity contribution in [2.24, 2.45) is 5.92 Å². The second kappa shape index (κ2) is 13.8. The summed E-state index contributed by atoms with van der Waals surface area (Å²) in [6.45, 7) is 7.65. The van der Waals surface area contributed by atoms with Crippen molar-refractivity contribution in [2.75, 3.05) is 31.6 Å². The number of carboxylic acids is 1. The van der Waals surface area contributed by atoms with E-state index in [4.69, 9.17) is 21.1 Å². The highest BCUT2D eigenvalue weighted by Crippen LogP contribution is 2.47. The monoisotopic (exact) mass is 604 g/mol. The number of carbonyl (C=O) groups is 2. The Labute approximate surface area is 259 Å². The smallest absolute Gasteiger partial charge is 0.309 e. The van der Waals surface area contributed by atoms with Crippen molar-refractivity contribution in [1.29, 1.82) is 0 Å². The van der Waals surface area contributed by atoms with Crippen LogP contribution in [-0.2, 0) is 28.9 Å².